The van der Waals surface area contributed by atoms with Gasteiger partial charge in [-0.15, -0.1) is 0 Å². The molecule has 5 saturated carbocycles. The molecule has 2 heteroatoms. The van der Waals surface area contributed by atoms with Gasteiger partial charge in [0.25, 0.3) is 0 Å². The molecule has 0 spiro atoms. The molecule has 5 rings (SSSR count). The summed E-state index contributed by atoms with van der Waals surface area (Å²) in [5.41, 5.74) is 6.75. The average Bonchev–Trinajstić information content (AvgIpc) is 2.74. The smallest absolute Gasteiger partial charge is 0.0283 e. The van der Waals surface area contributed by atoms with E-state index in [4.69, 9.17) is 5.73 Å². The highest BCUT2D eigenvalue weighted by molar-refractivity contribution is 5.03. The molecule has 0 amide bonds. The molecule has 4 bridgehead atoms. The van der Waals surface area contributed by atoms with E-state index in [9.17, 15) is 0 Å². The van der Waals surface area contributed by atoms with Crippen LogP contribution in [0.25, 0.3) is 0 Å². The zero-order valence-corrected chi connectivity index (χ0v) is 12.5. The summed E-state index contributed by atoms with van der Waals surface area (Å²) in [4.78, 5) is 2.69. The van der Waals surface area contributed by atoms with Gasteiger partial charge >= 0.3 is 0 Å². The maximum absolute atomic E-state index is 6.61. The lowest BCUT2D eigenvalue weighted by Gasteiger charge is -2.57. The predicted octanol–water partition coefficient (Wildman–Crippen LogP) is 3.01. The Morgan fingerprint density at radius 1 is 0.947 bits per heavy atom. The van der Waals surface area contributed by atoms with Crippen LogP contribution in [0.3, 0.4) is 0 Å². The van der Waals surface area contributed by atoms with Crippen LogP contribution in [0.2, 0.25) is 0 Å². The van der Waals surface area contributed by atoms with Gasteiger partial charge in [0.1, 0.15) is 0 Å². The maximum atomic E-state index is 6.61. The van der Waals surface area contributed by atoms with Crippen LogP contribution < -0.4 is 5.73 Å². The van der Waals surface area contributed by atoms with Gasteiger partial charge in [-0.2, -0.15) is 0 Å². The molecule has 0 aromatic heterocycles. The highest BCUT2D eigenvalue weighted by Gasteiger charge is 2.50. The molecule has 0 saturated heterocycles. The van der Waals surface area contributed by atoms with E-state index in [1.165, 1.54) is 51.4 Å². The van der Waals surface area contributed by atoms with E-state index < -0.39 is 0 Å². The SMILES string of the molecule is CN(CC1(N)CCCC1)C1C2CC3CC(C2)CC1C3. The lowest BCUT2D eigenvalue weighted by Crippen LogP contribution is -2.58. The maximum Gasteiger partial charge on any atom is 0.0283 e. The van der Waals surface area contributed by atoms with Crippen LogP contribution >= 0.6 is 0 Å². The van der Waals surface area contributed by atoms with Crippen molar-refractivity contribution in [2.24, 2.45) is 29.4 Å². The first-order valence-electron chi connectivity index (χ1n) is 8.62. The minimum atomic E-state index is 0.142. The minimum absolute atomic E-state index is 0.142. The number of nitrogens with zero attached hydrogens (tertiary/aromatic N) is 1. The van der Waals surface area contributed by atoms with Crippen molar-refractivity contribution >= 4 is 0 Å². The Hall–Kier alpha value is -0.0800. The van der Waals surface area contributed by atoms with Gasteiger partial charge in [0.05, 0.1) is 0 Å². The Balaban J connectivity index is 1.46. The monoisotopic (exact) mass is 262 g/mol. The van der Waals surface area contributed by atoms with Crippen molar-refractivity contribution in [3.05, 3.63) is 0 Å². The van der Waals surface area contributed by atoms with Crippen molar-refractivity contribution in [2.75, 3.05) is 13.6 Å². The summed E-state index contributed by atoms with van der Waals surface area (Å²) in [6.45, 7) is 1.15. The van der Waals surface area contributed by atoms with E-state index in [0.29, 0.717) is 0 Å². The normalized spacial score (nSPS) is 47.2. The van der Waals surface area contributed by atoms with Gasteiger partial charge in [0.2, 0.25) is 0 Å². The van der Waals surface area contributed by atoms with Gasteiger partial charge < -0.3 is 10.6 Å². The highest BCUT2D eigenvalue weighted by Crippen LogP contribution is 2.55. The Bertz CT molecular complexity index is 317. The van der Waals surface area contributed by atoms with E-state index in [0.717, 1.165) is 36.3 Å². The van der Waals surface area contributed by atoms with E-state index in [-0.39, 0.29) is 5.54 Å². The molecule has 0 aromatic carbocycles. The molecule has 5 aliphatic rings. The first kappa shape index (κ1) is 12.6. The second kappa shape index (κ2) is 4.46. The zero-order valence-electron chi connectivity index (χ0n) is 12.5. The molecule has 0 atom stereocenters. The quantitative estimate of drug-likeness (QED) is 0.847. The first-order chi connectivity index (χ1) is 9.13. The lowest BCUT2D eigenvalue weighted by molar-refractivity contribution is -0.0619. The number of likely N-dealkylation sites (N-methyl/N-ethyl adjacent to an activating group) is 1. The predicted molar refractivity (Wildman–Crippen MR) is 78.8 cm³/mol. The van der Waals surface area contributed by atoms with Crippen LogP contribution in [-0.4, -0.2) is 30.1 Å². The Labute approximate surface area is 118 Å². The highest BCUT2D eigenvalue weighted by atomic mass is 15.2. The van der Waals surface area contributed by atoms with Crippen LogP contribution in [0.5, 0.6) is 0 Å². The second-order valence-corrected chi connectivity index (χ2v) is 8.41. The van der Waals surface area contributed by atoms with Gasteiger partial charge in [0, 0.05) is 18.1 Å². The summed E-state index contributed by atoms with van der Waals surface area (Å²) in [7, 11) is 2.37. The Kier molecular flexibility index (Phi) is 2.97. The van der Waals surface area contributed by atoms with E-state index in [1.54, 1.807) is 6.42 Å². The summed E-state index contributed by atoms with van der Waals surface area (Å²) in [5, 5.41) is 0. The van der Waals surface area contributed by atoms with Gasteiger partial charge in [-0.3, -0.25) is 0 Å². The topological polar surface area (TPSA) is 29.3 Å². The zero-order chi connectivity index (χ0) is 13.0. The number of hydrogen-bond donors (Lipinski definition) is 1. The van der Waals surface area contributed by atoms with E-state index >= 15 is 0 Å². The number of rotatable bonds is 3. The average molecular weight is 262 g/mol. The third-order valence-corrected chi connectivity index (χ3v) is 6.85. The molecule has 5 aliphatic carbocycles. The van der Waals surface area contributed by atoms with Gasteiger partial charge in [-0.1, -0.05) is 12.8 Å². The molecule has 0 unspecified atom stereocenters. The third-order valence-electron chi connectivity index (χ3n) is 6.85. The molecular weight excluding hydrogens is 232 g/mol. The summed E-state index contributed by atoms with van der Waals surface area (Å²) < 4.78 is 0. The van der Waals surface area contributed by atoms with Crippen LogP contribution in [0, 0.1) is 23.7 Å². The number of hydrogen-bond acceptors (Lipinski definition) is 2. The largest absolute Gasteiger partial charge is 0.324 e. The minimum Gasteiger partial charge on any atom is -0.324 e. The summed E-state index contributed by atoms with van der Waals surface area (Å²) in [6, 6.07) is 0.869. The van der Waals surface area contributed by atoms with E-state index in [2.05, 4.69) is 11.9 Å². The third kappa shape index (κ3) is 2.15. The van der Waals surface area contributed by atoms with Crippen LogP contribution in [0.4, 0.5) is 0 Å². The van der Waals surface area contributed by atoms with Crippen molar-refractivity contribution in [1.82, 2.24) is 4.90 Å². The van der Waals surface area contributed by atoms with Crippen molar-refractivity contribution in [1.29, 1.82) is 0 Å². The van der Waals surface area contributed by atoms with Crippen molar-refractivity contribution in [3.63, 3.8) is 0 Å². The Morgan fingerprint density at radius 2 is 1.47 bits per heavy atom. The fraction of sp³-hybridized carbons (Fsp3) is 1.00. The summed E-state index contributed by atoms with van der Waals surface area (Å²) in [5.74, 6) is 4.19. The fourth-order valence-corrected chi connectivity index (χ4v) is 6.46. The van der Waals surface area contributed by atoms with Crippen molar-refractivity contribution in [3.8, 4) is 0 Å². The Morgan fingerprint density at radius 3 is 2.00 bits per heavy atom. The first-order valence-corrected chi connectivity index (χ1v) is 8.62. The van der Waals surface area contributed by atoms with Gasteiger partial charge in [-0.05, 0) is 75.7 Å². The molecule has 0 radical (unpaired) electrons. The van der Waals surface area contributed by atoms with Gasteiger partial charge in [-0.25, -0.2) is 0 Å². The second-order valence-electron chi connectivity index (χ2n) is 8.41. The number of nitrogens with two attached hydrogens (primary N) is 1. The standard InChI is InChI=1S/C17H30N2/c1-19(11-17(18)4-2-3-5-17)16-14-7-12-6-13(9-14)10-15(16)8-12/h12-16H,2-11,18H2,1H3. The van der Waals surface area contributed by atoms with Crippen LogP contribution in [0.15, 0.2) is 0 Å². The molecular formula is C17H30N2. The molecule has 0 aliphatic heterocycles. The lowest BCUT2D eigenvalue weighted by atomic mass is 9.54. The molecule has 0 heterocycles. The van der Waals surface area contributed by atoms with Crippen LogP contribution in [0.1, 0.15) is 57.8 Å². The molecule has 19 heavy (non-hydrogen) atoms. The van der Waals surface area contributed by atoms with Crippen molar-refractivity contribution in [2.45, 2.75) is 69.4 Å². The summed E-state index contributed by atoms with van der Waals surface area (Å²) in [6.07, 6.45) is 12.9. The van der Waals surface area contributed by atoms with Gasteiger partial charge in [0.15, 0.2) is 0 Å². The molecule has 0 aromatic rings. The molecule has 2 N–H and O–H groups in total. The van der Waals surface area contributed by atoms with E-state index in [1.807, 2.05) is 0 Å². The van der Waals surface area contributed by atoms with Crippen LogP contribution in [-0.2, 0) is 0 Å². The molecule has 108 valence electrons. The summed E-state index contributed by atoms with van der Waals surface area (Å²) >= 11 is 0. The molecule has 5 fully saturated rings. The molecule has 2 nitrogen and oxygen atoms in total. The fourth-order valence-electron chi connectivity index (χ4n) is 6.46. The van der Waals surface area contributed by atoms with Crippen molar-refractivity contribution < 1.29 is 0 Å².